The zero-order chi connectivity index (χ0) is 22.2. The van der Waals surface area contributed by atoms with Gasteiger partial charge >= 0.3 is 0 Å². The molecule has 0 unspecified atom stereocenters. The van der Waals surface area contributed by atoms with Crippen molar-refractivity contribution in [3.8, 4) is 28.3 Å². The number of benzene rings is 1. The highest BCUT2D eigenvalue weighted by atomic mass is 16.5. The lowest BCUT2D eigenvalue weighted by Crippen LogP contribution is -2.38. The van der Waals surface area contributed by atoms with Crippen LogP contribution in [-0.2, 0) is 4.74 Å². The minimum atomic E-state index is 0.659. The fourth-order valence-corrected chi connectivity index (χ4v) is 4.05. The molecule has 9 nitrogen and oxygen atoms in total. The van der Waals surface area contributed by atoms with Gasteiger partial charge in [0.15, 0.2) is 5.82 Å². The maximum atomic E-state index is 5.55. The summed E-state index contributed by atoms with van der Waals surface area (Å²) in [4.78, 5) is 15.5. The fraction of sp³-hybridized carbons (Fsp3) is 0.208. The molecule has 5 aromatic rings. The first-order valence-electron chi connectivity index (χ1n) is 10.9. The molecule has 0 radical (unpaired) electrons. The Bertz CT molecular complexity index is 1420. The van der Waals surface area contributed by atoms with Gasteiger partial charge < -0.3 is 9.64 Å². The molecule has 1 saturated heterocycles. The SMILES string of the molecule is Cc1cccc(-c2cnn(-c3cc4cc(-c5ccncn5)nn4c(N4CCOCC4)n3)c2)c1. The van der Waals surface area contributed by atoms with E-state index in [9.17, 15) is 0 Å². The van der Waals surface area contributed by atoms with Gasteiger partial charge in [-0.25, -0.2) is 14.6 Å². The van der Waals surface area contributed by atoms with Crippen LogP contribution in [0.5, 0.6) is 0 Å². The molecule has 1 aromatic carbocycles. The largest absolute Gasteiger partial charge is 0.378 e. The molecular weight excluding hydrogens is 416 g/mol. The summed E-state index contributed by atoms with van der Waals surface area (Å²) in [5.41, 5.74) is 5.85. The van der Waals surface area contributed by atoms with Crippen LogP contribution in [0.3, 0.4) is 0 Å². The number of ether oxygens (including phenoxy) is 1. The number of aryl methyl sites for hydroxylation is 1. The van der Waals surface area contributed by atoms with Crippen molar-refractivity contribution in [2.24, 2.45) is 0 Å². The van der Waals surface area contributed by atoms with Gasteiger partial charge in [-0.15, -0.1) is 0 Å². The molecule has 0 spiro atoms. The Kier molecular flexibility index (Phi) is 4.80. The summed E-state index contributed by atoms with van der Waals surface area (Å²) in [5.74, 6) is 1.50. The Morgan fingerprint density at radius 1 is 0.970 bits per heavy atom. The molecule has 0 atom stereocenters. The number of nitrogens with zero attached hydrogens (tertiary/aromatic N) is 8. The summed E-state index contributed by atoms with van der Waals surface area (Å²) < 4.78 is 9.24. The third kappa shape index (κ3) is 3.72. The van der Waals surface area contributed by atoms with E-state index in [1.54, 1.807) is 6.20 Å². The third-order valence-electron chi connectivity index (χ3n) is 5.72. The van der Waals surface area contributed by atoms with Crippen molar-refractivity contribution >= 4 is 11.5 Å². The molecule has 0 saturated carbocycles. The number of hydrogen-bond donors (Lipinski definition) is 0. The number of morpholine rings is 1. The minimum absolute atomic E-state index is 0.659. The Morgan fingerprint density at radius 3 is 2.70 bits per heavy atom. The fourth-order valence-electron chi connectivity index (χ4n) is 4.05. The van der Waals surface area contributed by atoms with Crippen molar-refractivity contribution in [1.29, 1.82) is 0 Å². The van der Waals surface area contributed by atoms with Gasteiger partial charge in [-0.2, -0.15) is 19.7 Å². The van der Waals surface area contributed by atoms with E-state index in [1.165, 1.54) is 11.9 Å². The van der Waals surface area contributed by atoms with Crippen LogP contribution in [0.15, 0.2) is 67.4 Å². The van der Waals surface area contributed by atoms with Crippen LogP contribution in [0.2, 0.25) is 0 Å². The molecular formula is C24H22N8O. The normalized spacial score (nSPS) is 14.2. The Hall–Kier alpha value is -4.11. The lowest BCUT2D eigenvalue weighted by atomic mass is 10.1. The zero-order valence-corrected chi connectivity index (χ0v) is 18.2. The second-order valence-electron chi connectivity index (χ2n) is 8.02. The van der Waals surface area contributed by atoms with Crippen molar-refractivity contribution in [2.75, 3.05) is 31.2 Å². The van der Waals surface area contributed by atoms with Crippen molar-refractivity contribution in [3.05, 3.63) is 72.9 Å². The predicted octanol–water partition coefficient (Wildman–Crippen LogP) is 3.18. The van der Waals surface area contributed by atoms with Gasteiger partial charge in [-0.1, -0.05) is 29.8 Å². The summed E-state index contributed by atoms with van der Waals surface area (Å²) >= 11 is 0. The average molecular weight is 438 g/mol. The van der Waals surface area contributed by atoms with Crippen LogP contribution >= 0.6 is 0 Å². The van der Waals surface area contributed by atoms with Gasteiger partial charge in [-0.3, -0.25) is 0 Å². The van der Waals surface area contributed by atoms with Crippen LogP contribution < -0.4 is 4.90 Å². The molecule has 1 aliphatic rings. The molecule has 6 rings (SSSR count). The van der Waals surface area contributed by atoms with E-state index in [-0.39, 0.29) is 0 Å². The first kappa shape index (κ1) is 19.6. The monoisotopic (exact) mass is 438 g/mol. The minimum Gasteiger partial charge on any atom is -0.378 e. The van der Waals surface area contributed by atoms with Gasteiger partial charge in [0, 0.05) is 37.1 Å². The molecule has 9 heteroatoms. The van der Waals surface area contributed by atoms with Crippen LogP contribution in [0.25, 0.3) is 33.8 Å². The first-order valence-corrected chi connectivity index (χ1v) is 10.9. The summed E-state index contributed by atoms with van der Waals surface area (Å²) in [5, 5.41) is 9.42. The van der Waals surface area contributed by atoms with E-state index in [2.05, 4.69) is 51.2 Å². The molecule has 1 aliphatic heterocycles. The van der Waals surface area contributed by atoms with Gasteiger partial charge in [0.05, 0.1) is 30.6 Å². The zero-order valence-electron chi connectivity index (χ0n) is 18.2. The molecule has 1 fully saturated rings. The van der Waals surface area contributed by atoms with Gasteiger partial charge in [0.2, 0.25) is 5.95 Å². The molecule has 5 heterocycles. The molecule has 0 aliphatic carbocycles. The third-order valence-corrected chi connectivity index (χ3v) is 5.72. The van der Waals surface area contributed by atoms with Crippen LogP contribution in [0.1, 0.15) is 5.56 Å². The Labute approximate surface area is 190 Å². The van der Waals surface area contributed by atoms with E-state index < -0.39 is 0 Å². The maximum Gasteiger partial charge on any atom is 0.229 e. The molecule has 33 heavy (non-hydrogen) atoms. The maximum absolute atomic E-state index is 5.55. The van der Waals surface area contributed by atoms with E-state index in [0.29, 0.717) is 13.2 Å². The number of rotatable bonds is 4. The molecule has 0 amide bonds. The Balaban J connectivity index is 1.47. The smallest absolute Gasteiger partial charge is 0.229 e. The summed E-state index contributed by atoms with van der Waals surface area (Å²) in [7, 11) is 0. The van der Waals surface area contributed by atoms with Crippen molar-refractivity contribution in [1.82, 2.24) is 34.3 Å². The van der Waals surface area contributed by atoms with Gasteiger partial charge in [0.25, 0.3) is 0 Å². The molecule has 0 bridgehead atoms. The van der Waals surface area contributed by atoms with Gasteiger partial charge in [0.1, 0.15) is 12.0 Å². The lowest BCUT2D eigenvalue weighted by Gasteiger charge is -2.28. The van der Waals surface area contributed by atoms with Gasteiger partial charge in [-0.05, 0) is 24.6 Å². The summed E-state index contributed by atoms with van der Waals surface area (Å²) in [6, 6.07) is 14.3. The molecule has 4 aromatic heterocycles. The quantitative estimate of drug-likeness (QED) is 0.426. The number of hydrogen-bond acceptors (Lipinski definition) is 7. The van der Waals surface area contributed by atoms with Crippen LogP contribution in [-0.4, -0.2) is 60.6 Å². The van der Waals surface area contributed by atoms with Crippen LogP contribution in [0, 0.1) is 6.92 Å². The van der Waals surface area contributed by atoms with E-state index in [4.69, 9.17) is 14.8 Å². The number of aromatic nitrogens is 7. The average Bonchev–Trinajstić information content (AvgIpc) is 3.52. The number of anilines is 1. The highest BCUT2D eigenvalue weighted by molar-refractivity contribution is 5.67. The highest BCUT2D eigenvalue weighted by Gasteiger charge is 2.20. The van der Waals surface area contributed by atoms with E-state index >= 15 is 0 Å². The topological polar surface area (TPSA) is 86.3 Å². The summed E-state index contributed by atoms with van der Waals surface area (Å²) in [6.45, 7) is 4.91. The summed E-state index contributed by atoms with van der Waals surface area (Å²) in [6.07, 6.45) is 7.13. The first-order chi connectivity index (χ1) is 16.2. The second kappa shape index (κ2) is 8.10. The van der Waals surface area contributed by atoms with Crippen molar-refractivity contribution in [2.45, 2.75) is 6.92 Å². The molecule has 0 N–H and O–H groups in total. The van der Waals surface area contributed by atoms with E-state index in [1.807, 2.05) is 39.8 Å². The predicted molar refractivity (Wildman–Crippen MR) is 124 cm³/mol. The van der Waals surface area contributed by atoms with Crippen LogP contribution in [0.4, 0.5) is 5.95 Å². The van der Waals surface area contributed by atoms with E-state index in [0.717, 1.165) is 52.9 Å². The number of fused-ring (bicyclic) bond motifs is 1. The molecule has 164 valence electrons. The Morgan fingerprint density at radius 2 is 1.88 bits per heavy atom. The highest BCUT2D eigenvalue weighted by Crippen LogP contribution is 2.25. The van der Waals surface area contributed by atoms with Crippen molar-refractivity contribution < 1.29 is 4.74 Å². The second-order valence-corrected chi connectivity index (χ2v) is 8.02. The lowest BCUT2D eigenvalue weighted by molar-refractivity contribution is 0.122. The van der Waals surface area contributed by atoms with Crippen molar-refractivity contribution in [3.63, 3.8) is 0 Å². The standard InChI is InChI=1S/C24H22N8O/c1-17-3-2-4-18(11-17)19-14-27-31(15-19)23-13-20-12-22(21-5-6-25-16-26-21)29-32(20)24(28-23)30-7-9-33-10-8-30/h2-6,11-16H,7-10H2,1H3.